The van der Waals surface area contributed by atoms with Gasteiger partial charge in [0.25, 0.3) is 0 Å². The van der Waals surface area contributed by atoms with E-state index in [2.05, 4.69) is 63.4 Å². The summed E-state index contributed by atoms with van der Waals surface area (Å²) in [6.07, 6.45) is 3.49. The number of hydrogen-bond acceptors (Lipinski definition) is 3. The molecule has 3 N–H and O–H groups in total. The minimum atomic E-state index is -0.467. The molecule has 0 saturated heterocycles. The van der Waals surface area contributed by atoms with E-state index in [0.29, 0.717) is 6.04 Å². The molecule has 0 aromatic heterocycles. The minimum Gasteiger partial charge on any atom is -0.444 e. The van der Waals surface area contributed by atoms with Crippen LogP contribution in [0.2, 0.25) is 0 Å². The zero-order chi connectivity index (χ0) is 21.6. The van der Waals surface area contributed by atoms with Gasteiger partial charge in [0.1, 0.15) is 5.60 Å². The van der Waals surface area contributed by atoms with Crippen LogP contribution in [0.25, 0.3) is 10.8 Å². The third-order valence-electron chi connectivity index (χ3n) is 5.34. The van der Waals surface area contributed by atoms with Crippen LogP contribution in [0.1, 0.15) is 52.0 Å². The second kappa shape index (κ2) is 11.5. The van der Waals surface area contributed by atoms with E-state index in [9.17, 15) is 4.79 Å². The number of nitrogens with one attached hydrogen (secondary N) is 3. The highest BCUT2D eigenvalue weighted by Gasteiger charge is 2.25. The van der Waals surface area contributed by atoms with E-state index in [1.54, 1.807) is 7.05 Å². The molecule has 1 fully saturated rings. The Morgan fingerprint density at radius 3 is 2.26 bits per heavy atom. The molecule has 0 unspecified atom stereocenters. The first-order chi connectivity index (χ1) is 14.3. The lowest BCUT2D eigenvalue weighted by atomic mass is 9.91. The van der Waals surface area contributed by atoms with E-state index in [4.69, 9.17) is 4.74 Å². The fourth-order valence-electron chi connectivity index (χ4n) is 3.87. The maximum atomic E-state index is 12.0. The van der Waals surface area contributed by atoms with E-state index in [0.717, 1.165) is 38.2 Å². The van der Waals surface area contributed by atoms with Crippen molar-refractivity contribution in [1.82, 2.24) is 16.0 Å². The number of carbonyl (C=O) groups excluding carboxylic acids is 1. The molecule has 6 nitrogen and oxygen atoms in total. The van der Waals surface area contributed by atoms with E-state index in [1.807, 2.05) is 20.8 Å². The van der Waals surface area contributed by atoms with Crippen LogP contribution in [0.5, 0.6) is 0 Å². The topological polar surface area (TPSA) is 74.8 Å². The van der Waals surface area contributed by atoms with Crippen molar-refractivity contribution in [3.63, 3.8) is 0 Å². The lowest BCUT2D eigenvalue weighted by Crippen LogP contribution is -2.47. The Morgan fingerprint density at radius 2 is 1.61 bits per heavy atom. The molecule has 1 aliphatic rings. The van der Waals surface area contributed by atoms with Gasteiger partial charge in [-0.15, -0.1) is 24.0 Å². The monoisotopic (exact) mass is 538 g/mol. The van der Waals surface area contributed by atoms with Crippen LogP contribution in [-0.4, -0.2) is 36.8 Å². The van der Waals surface area contributed by atoms with Crippen molar-refractivity contribution in [1.29, 1.82) is 0 Å². The Kier molecular flexibility index (Phi) is 9.40. The molecule has 3 rings (SSSR count). The van der Waals surface area contributed by atoms with Gasteiger partial charge < -0.3 is 20.7 Å². The zero-order valence-electron chi connectivity index (χ0n) is 18.9. The number of ether oxygens (including phenoxy) is 1. The van der Waals surface area contributed by atoms with Crippen LogP contribution in [0, 0.1) is 0 Å². The Balaban J connectivity index is 0.00000341. The summed E-state index contributed by atoms with van der Waals surface area (Å²) in [7, 11) is 1.80. The van der Waals surface area contributed by atoms with Gasteiger partial charge in [-0.05, 0) is 62.8 Å². The van der Waals surface area contributed by atoms with Crippen LogP contribution in [-0.2, 0) is 11.3 Å². The van der Waals surface area contributed by atoms with Crippen molar-refractivity contribution in [3.05, 3.63) is 48.0 Å². The number of alkyl carbamates (subject to hydrolysis) is 1. The average Bonchev–Trinajstić information content (AvgIpc) is 2.71. The first-order valence-corrected chi connectivity index (χ1v) is 10.8. The molecule has 1 amide bonds. The minimum absolute atomic E-state index is 0. The first kappa shape index (κ1) is 25.2. The Labute approximate surface area is 202 Å². The summed E-state index contributed by atoms with van der Waals surface area (Å²) in [4.78, 5) is 16.4. The SMILES string of the molecule is CN=C(NCc1cccc2ccccc12)NC1CCC(NC(=O)OC(C)(C)C)CC1.I. The third kappa shape index (κ3) is 7.87. The molecule has 0 aliphatic heterocycles. The number of fused-ring (bicyclic) bond motifs is 1. The number of rotatable bonds is 4. The van der Waals surface area contributed by atoms with Gasteiger partial charge in [-0.1, -0.05) is 42.5 Å². The lowest BCUT2D eigenvalue weighted by molar-refractivity contribution is 0.0490. The number of nitrogens with zero attached hydrogens (tertiary/aromatic N) is 1. The van der Waals surface area contributed by atoms with Gasteiger partial charge in [-0.3, -0.25) is 4.99 Å². The van der Waals surface area contributed by atoms with Gasteiger partial charge in [-0.2, -0.15) is 0 Å². The number of benzene rings is 2. The highest BCUT2D eigenvalue weighted by molar-refractivity contribution is 14.0. The molecule has 31 heavy (non-hydrogen) atoms. The van der Waals surface area contributed by atoms with Gasteiger partial charge in [0.05, 0.1) is 0 Å². The lowest BCUT2D eigenvalue weighted by Gasteiger charge is -2.31. The molecule has 0 spiro atoms. The summed E-state index contributed by atoms with van der Waals surface area (Å²) >= 11 is 0. The van der Waals surface area contributed by atoms with Gasteiger partial charge in [0.15, 0.2) is 5.96 Å². The second-order valence-electron chi connectivity index (χ2n) is 8.90. The molecular formula is C24H35IN4O2. The standard InChI is InChI=1S/C24H34N4O2.HI/c1-24(2,3)30-23(29)28-20-14-12-19(13-15-20)27-22(25-4)26-16-18-10-7-9-17-8-5-6-11-21(17)18;/h5-11,19-20H,12-16H2,1-4H3,(H,28,29)(H2,25,26,27);1H. The predicted octanol–water partition coefficient (Wildman–Crippen LogP) is 4.96. The number of hydrogen-bond donors (Lipinski definition) is 3. The van der Waals surface area contributed by atoms with Crippen LogP contribution < -0.4 is 16.0 Å². The molecule has 170 valence electrons. The molecule has 1 aliphatic carbocycles. The van der Waals surface area contributed by atoms with E-state index >= 15 is 0 Å². The summed E-state index contributed by atoms with van der Waals surface area (Å²) in [6, 6.07) is 15.3. The molecule has 2 aromatic carbocycles. The summed E-state index contributed by atoms with van der Waals surface area (Å²) < 4.78 is 5.36. The number of aliphatic imine (C=N–C) groups is 1. The third-order valence-corrected chi connectivity index (χ3v) is 5.34. The quantitative estimate of drug-likeness (QED) is 0.292. The van der Waals surface area contributed by atoms with Crippen molar-refractivity contribution in [2.75, 3.05) is 7.05 Å². The summed E-state index contributed by atoms with van der Waals surface area (Å²) in [5, 5.41) is 12.5. The second-order valence-corrected chi connectivity index (χ2v) is 8.90. The number of carbonyl (C=O) groups is 1. The van der Waals surface area contributed by atoms with E-state index in [1.165, 1.54) is 16.3 Å². The van der Waals surface area contributed by atoms with Gasteiger partial charge >= 0.3 is 6.09 Å². The largest absolute Gasteiger partial charge is 0.444 e. The average molecular weight is 538 g/mol. The van der Waals surface area contributed by atoms with Crippen molar-refractivity contribution < 1.29 is 9.53 Å². The molecule has 0 bridgehead atoms. The molecule has 7 heteroatoms. The van der Waals surface area contributed by atoms with Crippen LogP contribution in [0.15, 0.2) is 47.5 Å². The molecule has 0 heterocycles. The van der Waals surface area contributed by atoms with Crippen molar-refractivity contribution in [2.24, 2.45) is 4.99 Å². The number of guanidine groups is 1. The zero-order valence-corrected chi connectivity index (χ0v) is 21.2. The smallest absolute Gasteiger partial charge is 0.407 e. The molecule has 0 atom stereocenters. The number of halogens is 1. The van der Waals surface area contributed by atoms with Gasteiger partial charge in [0.2, 0.25) is 0 Å². The predicted molar refractivity (Wildman–Crippen MR) is 138 cm³/mol. The molecule has 1 saturated carbocycles. The molecule has 0 radical (unpaired) electrons. The van der Waals surface area contributed by atoms with E-state index in [-0.39, 0.29) is 36.1 Å². The highest BCUT2D eigenvalue weighted by Crippen LogP contribution is 2.20. The van der Waals surface area contributed by atoms with Gasteiger partial charge in [-0.25, -0.2) is 4.79 Å². The maximum Gasteiger partial charge on any atom is 0.407 e. The van der Waals surface area contributed by atoms with E-state index < -0.39 is 5.60 Å². The summed E-state index contributed by atoms with van der Waals surface area (Å²) in [6.45, 7) is 6.36. The Morgan fingerprint density at radius 1 is 1.00 bits per heavy atom. The number of amides is 1. The van der Waals surface area contributed by atoms with Crippen LogP contribution in [0.3, 0.4) is 0 Å². The van der Waals surface area contributed by atoms with Gasteiger partial charge in [0, 0.05) is 25.7 Å². The fraction of sp³-hybridized carbons (Fsp3) is 0.500. The summed E-state index contributed by atoms with van der Waals surface area (Å²) in [5.74, 6) is 0.812. The van der Waals surface area contributed by atoms with Crippen LogP contribution >= 0.6 is 24.0 Å². The maximum absolute atomic E-state index is 12.0. The van der Waals surface area contributed by atoms with Crippen molar-refractivity contribution in [3.8, 4) is 0 Å². The first-order valence-electron chi connectivity index (χ1n) is 10.8. The summed E-state index contributed by atoms with van der Waals surface area (Å²) in [5.41, 5.74) is 0.784. The fourth-order valence-corrected chi connectivity index (χ4v) is 3.87. The molecule has 2 aromatic rings. The Bertz CT molecular complexity index is 881. The van der Waals surface area contributed by atoms with Crippen molar-refractivity contribution in [2.45, 2.75) is 70.7 Å². The normalized spacial score (nSPS) is 19.3. The van der Waals surface area contributed by atoms with Crippen LogP contribution in [0.4, 0.5) is 4.79 Å². The highest BCUT2D eigenvalue weighted by atomic mass is 127. The molecular weight excluding hydrogens is 503 g/mol. The Hall–Kier alpha value is -2.03. The van der Waals surface area contributed by atoms with Crippen molar-refractivity contribution >= 4 is 46.8 Å².